The standard InChI is InChI=1S/C21H23NO4/c1-15(23)16-9-11-18(12-10-16)25-14-21(24)22-17-5-4-8-20(13-17)26-19-6-2-3-7-19/h4-5,8-13,19H,2-3,6-7,14H2,1H3,(H,22,24). The lowest BCUT2D eigenvalue weighted by molar-refractivity contribution is -0.118. The lowest BCUT2D eigenvalue weighted by Gasteiger charge is -2.14. The molecule has 5 nitrogen and oxygen atoms in total. The zero-order valence-electron chi connectivity index (χ0n) is 14.9. The summed E-state index contributed by atoms with van der Waals surface area (Å²) in [4.78, 5) is 23.3. The summed E-state index contributed by atoms with van der Waals surface area (Å²) in [5.41, 5.74) is 1.29. The van der Waals surface area contributed by atoms with E-state index >= 15 is 0 Å². The fourth-order valence-corrected chi connectivity index (χ4v) is 2.98. The molecule has 2 aromatic rings. The number of Topliss-reactive ketones (excluding diaryl/α,β-unsaturated/α-hetero) is 1. The Kier molecular flexibility index (Phi) is 5.89. The monoisotopic (exact) mass is 353 g/mol. The minimum atomic E-state index is -0.251. The smallest absolute Gasteiger partial charge is 0.262 e. The quantitative estimate of drug-likeness (QED) is 0.757. The normalized spacial score (nSPS) is 14.0. The maximum atomic E-state index is 12.1. The molecular weight excluding hydrogens is 330 g/mol. The fourth-order valence-electron chi connectivity index (χ4n) is 2.98. The number of ketones is 1. The third-order valence-corrected chi connectivity index (χ3v) is 4.35. The number of nitrogens with one attached hydrogen (secondary N) is 1. The number of carbonyl (C=O) groups excluding carboxylic acids is 2. The van der Waals surface area contributed by atoms with Crippen LogP contribution in [0.5, 0.6) is 11.5 Å². The second kappa shape index (κ2) is 8.52. The average Bonchev–Trinajstić information content (AvgIpc) is 3.13. The van der Waals surface area contributed by atoms with Crippen LogP contribution < -0.4 is 14.8 Å². The average molecular weight is 353 g/mol. The van der Waals surface area contributed by atoms with Crippen LogP contribution in [0.25, 0.3) is 0 Å². The Morgan fingerprint density at radius 1 is 1.04 bits per heavy atom. The van der Waals surface area contributed by atoms with Crippen molar-refractivity contribution >= 4 is 17.4 Å². The molecule has 1 N–H and O–H groups in total. The van der Waals surface area contributed by atoms with E-state index in [2.05, 4.69) is 5.32 Å². The number of rotatable bonds is 7. The molecule has 1 amide bonds. The minimum absolute atomic E-state index is 0.00556. The highest BCUT2D eigenvalue weighted by atomic mass is 16.5. The Morgan fingerprint density at radius 3 is 2.46 bits per heavy atom. The highest BCUT2D eigenvalue weighted by Gasteiger charge is 2.16. The molecule has 0 saturated heterocycles. The summed E-state index contributed by atoms with van der Waals surface area (Å²) in [6.45, 7) is 1.40. The number of carbonyl (C=O) groups is 2. The summed E-state index contributed by atoms with van der Waals surface area (Å²) in [6, 6.07) is 14.1. The van der Waals surface area contributed by atoms with Crippen LogP contribution >= 0.6 is 0 Å². The summed E-state index contributed by atoms with van der Waals surface area (Å²) < 4.78 is 11.4. The highest BCUT2D eigenvalue weighted by Crippen LogP contribution is 2.25. The second-order valence-electron chi connectivity index (χ2n) is 6.47. The number of benzene rings is 2. The van der Waals surface area contributed by atoms with E-state index in [9.17, 15) is 9.59 Å². The largest absolute Gasteiger partial charge is 0.490 e. The summed E-state index contributed by atoms with van der Waals surface area (Å²) >= 11 is 0. The lowest BCUT2D eigenvalue weighted by Crippen LogP contribution is -2.20. The molecule has 1 saturated carbocycles. The van der Waals surface area contributed by atoms with Crippen molar-refractivity contribution < 1.29 is 19.1 Å². The van der Waals surface area contributed by atoms with Crippen molar-refractivity contribution in [3.8, 4) is 11.5 Å². The predicted molar refractivity (Wildman–Crippen MR) is 99.9 cm³/mol. The third-order valence-electron chi connectivity index (χ3n) is 4.35. The van der Waals surface area contributed by atoms with Gasteiger partial charge in [0.1, 0.15) is 11.5 Å². The van der Waals surface area contributed by atoms with E-state index in [4.69, 9.17) is 9.47 Å². The molecule has 1 fully saturated rings. The molecule has 0 unspecified atom stereocenters. The number of hydrogen-bond acceptors (Lipinski definition) is 4. The first kappa shape index (κ1) is 18.0. The van der Waals surface area contributed by atoms with Crippen LogP contribution in [0.3, 0.4) is 0 Å². The molecule has 1 aliphatic carbocycles. The molecule has 0 atom stereocenters. The summed E-state index contributed by atoms with van der Waals surface area (Å²) in [6.07, 6.45) is 4.89. The van der Waals surface area contributed by atoms with Gasteiger partial charge < -0.3 is 14.8 Å². The molecule has 0 spiro atoms. The Morgan fingerprint density at radius 2 is 1.77 bits per heavy atom. The van der Waals surface area contributed by atoms with Crippen molar-refractivity contribution in [3.63, 3.8) is 0 Å². The van der Waals surface area contributed by atoms with Crippen molar-refractivity contribution in [1.29, 1.82) is 0 Å². The van der Waals surface area contributed by atoms with Gasteiger partial charge in [-0.3, -0.25) is 9.59 Å². The molecule has 2 aromatic carbocycles. The predicted octanol–water partition coefficient (Wildman–Crippen LogP) is 4.23. The van der Waals surface area contributed by atoms with Gasteiger partial charge in [0.2, 0.25) is 0 Å². The van der Waals surface area contributed by atoms with Gasteiger partial charge in [0.25, 0.3) is 5.91 Å². The van der Waals surface area contributed by atoms with Crippen LogP contribution in [0.2, 0.25) is 0 Å². The van der Waals surface area contributed by atoms with Crippen molar-refractivity contribution in [2.24, 2.45) is 0 Å². The van der Waals surface area contributed by atoms with Gasteiger partial charge in [-0.1, -0.05) is 6.07 Å². The van der Waals surface area contributed by atoms with Crippen molar-refractivity contribution in [2.45, 2.75) is 38.7 Å². The molecule has 0 bridgehead atoms. The van der Waals surface area contributed by atoms with E-state index in [-0.39, 0.29) is 24.4 Å². The van der Waals surface area contributed by atoms with Crippen LogP contribution in [-0.4, -0.2) is 24.4 Å². The molecule has 136 valence electrons. The van der Waals surface area contributed by atoms with Gasteiger partial charge in [-0.15, -0.1) is 0 Å². The van der Waals surface area contributed by atoms with Crippen molar-refractivity contribution in [1.82, 2.24) is 0 Å². The Bertz CT molecular complexity index is 764. The van der Waals surface area contributed by atoms with E-state index in [1.54, 1.807) is 24.3 Å². The van der Waals surface area contributed by atoms with Crippen LogP contribution in [0.4, 0.5) is 5.69 Å². The molecule has 0 heterocycles. The molecular formula is C21H23NO4. The maximum absolute atomic E-state index is 12.1. The van der Waals surface area contributed by atoms with Crippen LogP contribution in [-0.2, 0) is 4.79 Å². The summed E-state index contributed by atoms with van der Waals surface area (Å²) in [5, 5.41) is 2.81. The lowest BCUT2D eigenvalue weighted by atomic mass is 10.1. The van der Waals surface area contributed by atoms with Crippen LogP contribution in [0.15, 0.2) is 48.5 Å². The zero-order chi connectivity index (χ0) is 18.4. The van der Waals surface area contributed by atoms with E-state index in [0.717, 1.165) is 18.6 Å². The van der Waals surface area contributed by atoms with Gasteiger partial charge in [-0.05, 0) is 69.0 Å². The molecule has 26 heavy (non-hydrogen) atoms. The van der Waals surface area contributed by atoms with Crippen LogP contribution in [0, 0.1) is 0 Å². The molecule has 0 radical (unpaired) electrons. The van der Waals surface area contributed by atoms with E-state index in [0.29, 0.717) is 17.0 Å². The number of ether oxygens (including phenoxy) is 2. The fraction of sp³-hybridized carbons (Fsp3) is 0.333. The minimum Gasteiger partial charge on any atom is -0.490 e. The third kappa shape index (κ3) is 5.09. The second-order valence-corrected chi connectivity index (χ2v) is 6.47. The number of amides is 1. The first-order valence-electron chi connectivity index (χ1n) is 8.90. The molecule has 5 heteroatoms. The van der Waals surface area contributed by atoms with Gasteiger partial charge in [-0.25, -0.2) is 0 Å². The van der Waals surface area contributed by atoms with Crippen LogP contribution in [0.1, 0.15) is 43.0 Å². The molecule has 0 aliphatic heterocycles. The Balaban J connectivity index is 1.50. The molecule has 0 aromatic heterocycles. The van der Waals surface area contributed by atoms with Gasteiger partial charge in [0.05, 0.1) is 6.10 Å². The van der Waals surface area contributed by atoms with E-state index < -0.39 is 0 Å². The van der Waals surface area contributed by atoms with Crippen molar-refractivity contribution in [3.05, 3.63) is 54.1 Å². The molecule has 1 aliphatic rings. The number of anilines is 1. The number of hydrogen-bond donors (Lipinski definition) is 1. The van der Waals surface area contributed by atoms with Crippen molar-refractivity contribution in [2.75, 3.05) is 11.9 Å². The SMILES string of the molecule is CC(=O)c1ccc(OCC(=O)Nc2cccc(OC3CCCC3)c2)cc1. The first-order valence-corrected chi connectivity index (χ1v) is 8.90. The van der Waals surface area contributed by atoms with Gasteiger partial charge >= 0.3 is 0 Å². The zero-order valence-corrected chi connectivity index (χ0v) is 14.9. The van der Waals surface area contributed by atoms with Gasteiger partial charge in [0, 0.05) is 17.3 Å². The highest BCUT2D eigenvalue weighted by molar-refractivity contribution is 5.94. The molecule has 3 rings (SSSR count). The topological polar surface area (TPSA) is 64.6 Å². The van der Waals surface area contributed by atoms with E-state index in [1.807, 2.05) is 24.3 Å². The Labute approximate surface area is 153 Å². The summed E-state index contributed by atoms with van der Waals surface area (Å²) in [5.74, 6) is 1.06. The Hall–Kier alpha value is -2.82. The maximum Gasteiger partial charge on any atom is 0.262 e. The van der Waals surface area contributed by atoms with Gasteiger partial charge in [0.15, 0.2) is 12.4 Å². The first-order chi connectivity index (χ1) is 12.6. The van der Waals surface area contributed by atoms with E-state index in [1.165, 1.54) is 19.8 Å². The summed E-state index contributed by atoms with van der Waals surface area (Å²) in [7, 11) is 0. The van der Waals surface area contributed by atoms with Gasteiger partial charge in [-0.2, -0.15) is 0 Å².